The molecule has 5 nitrogen and oxygen atoms in total. The second-order valence-electron chi connectivity index (χ2n) is 8.60. The van der Waals surface area contributed by atoms with Crippen LogP contribution in [0, 0.1) is 17.8 Å². The average Bonchev–Trinajstić information content (AvgIpc) is 3.36. The van der Waals surface area contributed by atoms with Crippen LogP contribution in [-0.2, 0) is 0 Å². The third kappa shape index (κ3) is 4.70. The second kappa shape index (κ2) is 8.45. The molecule has 138 valence electrons. The summed E-state index contributed by atoms with van der Waals surface area (Å²) in [6.07, 6.45) is 5.72. The van der Waals surface area contributed by atoms with Gasteiger partial charge < -0.3 is 20.9 Å². The Kier molecular flexibility index (Phi) is 6.07. The Labute approximate surface area is 147 Å². The zero-order valence-electron chi connectivity index (χ0n) is 15.3. The first kappa shape index (κ1) is 17.2. The highest BCUT2D eigenvalue weighted by atomic mass is 15.3. The van der Waals surface area contributed by atoms with Crippen LogP contribution in [0.5, 0.6) is 0 Å². The van der Waals surface area contributed by atoms with E-state index in [-0.39, 0.29) is 0 Å². The lowest BCUT2D eigenvalue weighted by Crippen LogP contribution is -2.56. The Hall–Kier alpha value is -0.200. The fourth-order valence-electron chi connectivity index (χ4n) is 4.47. The van der Waals surface area contributed by atoms with Crippen LogP contribution in [0.1, 0.15) is 25.7 Å². The molecule has 5 fully saturated rings. The van der Waals surface area contributed by atoms with E-state index in [2.05, 4.69) is 25.8 Å². The number of piperidine rings is 1. The summed E-state index contributed by atoms with van der Waals surface area (Å²) >= 11 is 0. The average molecular weight is 336 g/mol. The van der Waals surface area contributed by atoms with E-state index in [9.17, 15) is 0 Å². The molecule has 1 saturated carbocycles. The van der Waals surface area contributed by atoms with Crippen molar-refractivity contribution in [2.24, 2.45) is 17.8 Å². The van der Waals surface area contributed by atoms with Gasteiger partial charge in [-0.3, -0.25) is 4.90 Å². The fourth-order valence-corrected chi connectivity index (χ4v) is 4.47. The number of hydrogen-bond acceptors (Lipinski definition) is 5. The van der Waals surface area contributed by atoms with Gasteiger partial charge in [0.2, 0.25) is 0 Å². The van der Waals surface area contributed by atoms with Gasteiger partial charge in [0.25, 0.3) is 0 Å². The summed E-state index contributed by atoms with van der Waals surface area (Å²) in [5.41, 5.74) is 0. The van der Waals surface area contributed by atoms with Gasteiger partial charge in [0.15, 0.2) is 0 Å². The lowest BCUT2D eigenvalue weighted by molar-refractivity contribution is 0.106. The predicted octanol–water partition coefficient (Wildman–Crippen LogP) is 0.191. The lowest BCUT2D eigenvalue weighted by atomic mass is 9.83. The molecule has 0 aromatic rings. The van der Waals surface area contributed by atoms with E-state index in [1.807, 2.05) is 0 Å². The highest BCUT2D eigenvalue weighted by molar-refractivity contribution is 4.89. The van der Waals surface area contributed by atoms with Crippen molar-refractivity contribution in [2.45, 2.75) is 31.7 Å². The van der Waals surface area contributed by atoms with Crippen LogP contribution in [0.3, 0.4) is 0 Å². The minimum atomic E-state index is 0.966. The Morgan fingerprint density at radius 1 is 0.667 bits per heavy atom. The number of hydrogen-bond donors (Lipinski definition) is 3. The van der Waals surface area contributed by atoms with E-state index in [0.717, 1.165) is 23.8 Å². The first-order valence-corrected chi connectivity index (χ1v) is 10.5. The molecule has 0 atom stereocenters. The Morgan fingerprint density at radius 3 is 1.71 bits per heavy atom. The van der Waals surface area contributed by atoms with Crippen LogP contribution in [-0.4, -0.2) is 87.8 Å². The lowest BCUT2D eigenvalue weighted by Gasteiger charge is -2.40. The van der Waals surface area contributed by atoms with Gasteiger partial charge in [-0.2, -0.15) is 0 Å². The maximum absolute atomic E-state index is 3.46. The molecular formula is C19H37N5. The molecule has 0 aromatic carbocycles. The number of nitrogens with zero attached hydrogens (tertiary/aromatic N) is 2. The van der Waals surface area contributed by atoms with Gasteiger partial charge in [-0.1, -0.05) is 0 Å². The first-order valence-electron chi connectivity index (χ1n) is 10.5. The predicted molar refractivity (Wildman–Crippen MR) is 99.3 cm³/mol. The maximum Gasteiger partial charge on any atom is 0.0113 e. The van der Waals surface area contributed by atoms with Gasteiger partial charge in [-0.25, -0.2) is 0 Å². The van der Waals surface area contributed by atoms with Crippen LogP contribution in [0.4, 0.5) is 0 Å². The van der Waals surface area contributed by atoms with Crippen molar-refractivity contribution < 1.29 is 0 Å². The molecule has 24 heavy (non-hydrogen) atoms. The number of nitrogens with one attached hydrogen (secondary N) is 3. The third-order valence-corrected chi connectivity index (χ3v) is 6.74. The van der Waals surface area contributed by atoms with E-state index >= 15 is 0 Å². The van der Waals surface area contributed by atoms with Gasteiger partial charge in [-0.05, 0) is 82.7 Å². The standard InChI is InChI=1S/C13H25N3.C6H12N2/c1-2-13(1)16-9-7-15(8-10-16)11-12-3-5-14-6-4-12;1-5(2-7-1)6-3-8-4-6/h12-14H,1-11H2;5-8H,1-4H2. The molecule has 0 radical (unpaired) electrons. The first-order chi connectivity index (χ1) is 11.9. The summed E-state index contributed by atoms with van der Waals surface area (Å²) in [5, 5.41) is 10.0. The SMILES string of the molecule is C1CC(CN2CCN(C3CC3)CC2)CCN1.C1NCC1C1CNC1. The monoisotopic (exact) mass is 335 g/mol. The molecule has 5 heteroatoms. The van der Waals surface area contributed by atoms with Crippen LogP contribution in [0.2, 0.25) is 0 Å². The molecule has 4 heterocycles. The summed E-state index contributed by atoms with van der Waals surface area (Å²) in [4.78, 5) is 5.41. The van der Waals surface area contributed by atoms with Crippen LogP contribution in [0.25, 0.3) is 0 Å². The minimum absolute atomic E-state index is 0.966. The molecule has 1 aliphatic carbocycles. The number of piperazine rings is 1. The Morgan fingerprint density at radius 2 is 1.25 bits per heavy atom. The van der Waals surface area contributed by atoms with Gasteiger partial charge in [0, 0.05) is 38.8 Å². The number of rotatable bonds is 4. The van der Waals surface area contributed by atoms with Crippen molar-refractivity contribution in [2.75, 3.05) is 72.0 Å². The summed E-state index contributed by atoms with van der Waals surface area (Å²) in [5.74, 6) is 2.99. The van der Waals surface area contributed by atoms with Crippen LogP contribution in [0.15, 0.2) is 0 Å². The summed E-state index contributed by atoms with van der Waals surface area (Å²) in [7, 11) is 0. The van der Waals surface area contributed by atoms with Crippen LogP contribution < -0.4 is 16.0 Å². The molecule has 0 aromatic heterocycles. The molecule has 3 N–H and O–H groups in total. The molecule has 5 rings (SSSR count). The molecule has 4 aliphatic heterocycles. The zero-order valence-corrected chi connectivity index (χ0v) is 15.3. The molecule has 0 bridgehead atoms. The van der Waals surface area contributed by atoms with Crippen molar-refractivity contribution in [1.29, 1.82) is 0 Å². The zero-order chi connectivity index (χ0) is 16.2. The highest BCUT2D eigenvalue weighted by Gasteiger charge is 2.32. The van der Waals surface area contributed by atoms with Gasteiger partial charge in [0.1, 0.15) is 0 Å². The van der Waals surface area contributed by atoms with Crippen molar-refractivity contribution in [1.82, 2.24) is 25.8 Å². The largest absolute Gasteiger partial charge is 0.317 e. The minimum Gasteiger partial charge on any atom is -0.317 e. The Bertz CT molecular complexity index is 352. The highest BCUT2D eigenvalue weighted by Crippen LogP contribution is 2.27. The van der Waals surface area contributed by atoms with E-state index in [1.165, 1.54) is 97.7 Å². The molecule has 0 unspecified atom stereocenters. The van der Waals surface area contributed by atoms with E-state index in [0.29, 0.717) is 0 Å². The van der Waals surface area contributed by atoms with E-state index in [4.69, 9.17) is 0 Å². The molecular weight excluding hydrogens is 298 g/mol. The summed E-state index contributed by atoms with van der Waals surface area (Å²) < 4.78 is 0. The third-order valence-electron chi connectivity index (χ3n) is 6.74. The molecule has 4 saturated heterocycles. The second-order valence-corrected chi connectivity index (χ2v) is 8.60. The van der Waals surface area contributed by atoms with Crippen LogP contribution >= 0.6 is 0 Å². The molecule has 5 aliphatic rings. The quantitative estimate of drug-likeness (QED) is 0.685. The van der Waals surface area contributed by atoms with E-state index in [1.54, 1.807) is 0 Å². The van der Waals surface area contributed by atoms with Gasteiger partial charge >= 0.3 is 0 Å². The normalized spacial score (nSPS) is 31.0. The summed E-state index contributed by atoms with van der Waals surface area (Å²) in [6, 6.07) is 0.973. The van der Waals surface area contributed by atoms with Gasteiger partial charge in [0.05, 0.1) is 0 Å². The summed E-state index contributed by atoms with van der Waals surface area (Å²) in [6.45, 7) is 14.2. The fraction of sp³-hybridized carbons (Fsp3) is 1.00. The van der Waals surface area contributed by atoms with Crippen molar-refractivity contribution in [3.63, 3.8) is 0 Å². The molecule has 0 amide bonds. The van der Waals surface area contributed by atoms with Crippen molar-refractivity contribution in [3.05, 3.63) is 0 Å². The maximum atomic E-state index is 3.46. The molecule has 0 spiro atoms. The Balaban J connectivity index is 0.000000152. The smallest absolute Gasteiger partial charge is 0.0113 e. The van der Waals surface area contributed by atoms with E-state index < -0.39 is 0 Å². The topological polar surface area (TPSA) is 42.6 Å². The van der Waals surface area contributed by atoms with Crippen molar-refractivity contribution >= 4 is 0 Å². The van der Waals surface area contributed by atoms with Crippen molar-refractivity contribution in [3.8, 4) is 0 Å². The van der Waals surface area contributed by atoms with Gasteiger partial charge in [-0.15, -0.1) is 0 Å².